The lowest BCUT2D eigenvalue weighted by Crippen LogP contribution is -1.97. The maximum atomic E-state index is 13.2. The van der Waals surface area contributed by atoms with Crippen LogP contribution in [-0.2, 0) is 4.79 Å². The Hall–Kier alpha value is -1.25. The molecule has 2 rings (SSSR count). The average Bonchev–Trinajstić information content (AvgIpc) is 2.88. The quantitative estimate of drug-likeness (QED) is 0.710. The van der Waals surface area contributed by atoms with E-state index < -0.39 is 11.6 Å². The van der Waals surface area contributed by atoms with Gasteiger partial charge in [-0.15, -0.1) is 0 Å². The van der Waals surface area contributed by atoms with E-state index >= 15 is 0 Å². The Balaban J connectivity index is 2.26. The first-order valence-electron chi connectivity index (χ1n) is 4.55. The molecular formula is C11H10F2O. The predicted molar refractivity (Wildman–Crippen MR) is 47.9 cm³/mol. The summed E-state index contributed by atoms with van der Waals surface area (Å²) in [5.41, 5.74) is 0.338. The fraction of sp³-hybridized carbons (Fsp3) is 0.364. The second kappa shape index (κ2) is 3.15. The standard InChI is InChI=1S/C11H10F2O/c1-6(14)8-5-9(8)10-4-7(12)2-3-11(10)13/h2-4,8-9H,5H2,1H3. The van der Waals surface area contributed by atoms with Crippen LogP contribution in [0.1, 0.15) is 24.8 Å². The van der Waals surface area contributed by atoms with Crippen molar-refractivity contribution < 1.29 is 13.6 Å². The van der Waals surface area contributed by atoms with Gasteiger partial charge in [0.25, 0.3) is 0 Å². The summed E-state index contributed by atoms with van der Waals surface area (Å²) in [7, 11) is 0. The monoisotopic (exact) mass is 196 g/mol. The first-order chi connectivity index (χ1) is 6.59. The first kappa shape index (κ1) is 9.31. The molecule has 3 heteroatoms. The van der Waals surface area contributed by atoms with Crippen LogP contribution in [0.15, 0.2) is 18.2 Å². The molecule has 0 radical (unpaired) electrons. The summed E-state index contributed by atoms with van der Waals surface area (Å²) in [6, 6.07) is 3.38. The van der Waals surface area contributed by atoms with Crippen molar-refractivity contribution in [2.24, 2.45) is 5.92 Å². The summed E-state index contributed by atoms with van der Waals surface area (Å²) >= 11 is 0. The minimum Gasteiger partial charge on any atom is -0.300 e. The van der Waals surface area contributed by atoms with Gasteiger partial charge in [0.1, 0.15) is 17.4 Å². The van der Waals surface area contributed by atoms with E-state index in [9.17, 15) is 13.6 Å². The molecule has 0 N–H and O–H groups in total. The molecule has 0 bridgehead atoms. The Morgan fingerprint density at radius 2 is 2.14 bits per heavy atom. The van der Waals surface area contributed by atoms with E-state index in [1.54, 1.807) is 0 Å². The van der Waals surface area contributed by atoms with E-state index in [2.05, 4.69) is 0 Å². The third-order valence-electron chi connectivity index (χ3n) is 2.67. The van der Waals surface area contributed by atoms with E-state index in [1.165, 1.54) is 13.0 Å². The molecule has 1 nitrogen and oxygen atoms in total. The molecule has 1 saturated carbocycles. The molecule has 0 aromatic heterocycles. The molecule has 1 aliphatic rings. The number of rotatable bonds is 2. The Labute approximate surface area is 80.7 Å². The van der Waals surface area contributed by atoms with E-state index in [1.807, 2.05) is 0 Å². The Bertz CT molecular complexity index is 387. The van der Waals surface area contributed by atoms with Crippen molar-refractivity contribution in [1.29, 1.82) is 0 Å². The largest absolute Gasteiger partial charge is 0.300 e. The normalized spacial score (nSPS) is 24.8. The fourth-order valence-electron chi connectivity index (χ4n) is 1.79. The molecule has 0 spiro atoms. The molecule has 2 unspecified atom stereocenters. The minimum atomic E-state index is -0.449. The van der Waals surface area contributed by atoms with E-state index in [-0.39, 0.29) is 17.6 Å². The van der Waals surface area contributed by atoms with Gasteiger partial charge in [0.2, 0.25) is 0 Å². The Kier molecular flexibility index (Phi) is 2.10. The summed E-state index contributed by atoms with van der Waals surface area (Å²) < 4.78 is 26.0. The smallest absolute Gasteiger partial charge is 0.133 e. The minimum absolute atomic E-state index is 0.0543. The highest BCUT2D eigenvalue weighted by Gasteiger charge is 2.43. The number of ketones is 1. The molecule has 74 valence electrons. The van der Waals surface area contributed by atoms with Gasteiger partial charge in [0, 0.05) is 5.92 Å². The number of hydrogen-bond acceptors (Lipinski definition) is 1. The molecule has 0 amide bonds. The van der Waals surface area contributed by atoms with Gasteiger partial charge in [0.05, 0.1) is 0 Å². The highest BCUT2D eigenvalue weighted by Crippen LogP contribution is 2.48. The van der Waals surface area contributed by atoms with Crippen LogP contribution in [0.5, 0.6) is 0 Å². The third-order valence-corrected chi connectivity index (χ3v) is 2.67. The number of hydrogen-bond donors (Lipinski definition) is 0. The van der Waals surface area contributed by atoms with Crippen LogP contribution in [-0.4, -0.2) is 5.78 Å². The Morgan fingerprint density at radius 3 is 2.71 bits per heavy atom. The van der Waals surface area contributed by atoms with Gasteiger partial charge < -0.3 is 0 Å². The Morgan fingerprint density at radius 1 is 1.43 bits per heavy atom. The van der Waals surface area contributed by atoms with Crippen molar-refractivity contribution in [2.75, 3.05) is 0 Å². The van der Waals surface area contributed by atoms with E-state index in [0.717, 1.165) is 12.1 Å². The van der Waals surface area contributed by atoms with Crippen molar-refractivity contribution in [1.82, 2.24) is 0 Å². The molecule has 1 aromatic rings. The van der Waals surface area contributed by atoms with Crippen LogP contribution in [0.3, 0.4) is 0 Å². The summed E-state index contributed by atoms with van der Waals surface area (Å²) in [5.74, 6) is -1.02. The van der Waals surface area contributed by atoms with Crippen LogP contribution >= 0.6 is 0 Å². The lowest BCUT2D eigenvalue weighted by Gasteiger charge is -2.00. The van der Waals surface area contributed by atoms with Crippen LogP contribution in [0.4, 0.5) is 8.78 Å². The van der Waals surface area contributed by atoms with Crippen molar-refractivity contribution in [3.05, 3.63) is 35.4 Å². The lowest BCUT2D eigenvalue weighted by molar-refractivity contribution is -0.118. The van der Waals surface area contributed by atoms with Crippen molar-refractivity contribution in [3.8, 4) is 0 Å². The third kappa shape index (κ3) is 1.54. The van der Waals surface area contributed by atoms with Gasteiger partial charge in [-0.3, -0.25) is 4.79 Å². The lowest BCUT2D eigenvalue weighted by atomic mass is 10.1. The van der Waals surface area contributed by atoms with Gasteiger partial charge in [-0.1, -0.05) is 0 Å². The maximum absolute atomic E-state index is 13.2. The summed E-state index contributed by atoms with van der Waals surface area (Å²) in [5, 5.41) is 0. The van der Waals surface area contributed by atoms with Gasteiger partial charge in [0.15, 0.2) is 0 Å². The predicted octanol–water partition coefficient (Wildman–Crippen LogP) is 2.66. The summed E-state index contributed by atoms with van der Waals surface area (Å²) in [6.07, 6.45) is 0.649. The molecule has 1 aromatic carbocycles. The van der Waals surface area contributed by atoms with Crippen LogP contribution < -0.4 is 0 Å². The molecule has 0 heterocycles. The SMILES string of the molecule is CC(=O)C1CC1c1cc(F)ccc1F. The zero-order valence-corrected chi connectivity index (χ0v) is 7.76. The fourth-order valence-corrected chi connectivity index (χ4v) is 1.79. The highest BCUT2D eigenvalue weighted by molar-refractivity contribution is 5.82. The van der Waals surface area contributed by atoms with Crippen LogP contribution in [0.2, 0.25) is 0 Å². The number of carbonyl (C=O) groups excluding carboxylic acids is 1. The van der Waals surface area contributed by atoms with Gasteiger partial charge in [-0.05, 0) is 43.0 Å². The van der Waals surface area contributed by atoms with Crippen molar-refractivity contribution >= 4 is 5.78 Å². The van der Waals surface area contributed by atoms with Gasteiger partial charge in [-0.25, -0.2) is 8.78 Å². The average molecular weight is 196 g/mol. The zero-order chi connectivity index (χ0) is 10.3. The molecular weight excluding hydrogens is 186 g/mol. The summed E-state index contributed by atoms with van der Waals surface area (Å²) in [4.78, 5) is 11.0. The topological polar surface area (TPSA) is 17.1 Å². The second-order valence-electron chi connectivity index (χ2n) is 3.73. The van der Waals surface area contributed by atoms with Crippen LogP contribution in [0, 0.1) is 17.6 Å². The maximum Gasteiger partial charge on any atom is 0.133 e. The number of carbonyl (C=O) groups is 1. The molecule has 14 heavy (non-hydrogen) atoms. The van der Waals surface area contributed by atoms with E-state index in [0.29, 0.717) is 12.0 Å². The number of benzene rings is 1. The number of Topliss-reactive ketones (excluding diaryl/α,β-unsaturated/α-hetero) is 1. The zero-order valence-electron chi connectivity index (χ0n) is 7.76. The van der Waals surface area contributed by atoms with Gasteiger partial charge in [-0.2, -0.15) is 0 Å². The number of halogens is 2. The highest BCUT2D eigenvalue weighted by atomic mass is 19.1. The van der Waals surface area contributed by atoms with Gasteiger partial charge >= 0.3 is 0 Å². The first-order valence-corrected chi connectivity index (χ1v) is 4.55. The molecule has 0 saturated heterocycles. The van der Waals surface area contributed by atoms with Crippen LogP contribution in [0.25, 0.3) is 0 Å². The molecule has 0 aliphatic heterocycles. The van der Waals surface area contributed by atoms with E-state index in [4.69, 9.17) is 0 Å². The van der Waals surface area contributed by atoms with Crippen molar-refractivity contribution in [3.63, 3.8) is 0 Å². The molecule has 1 fully saturated rings. The second-order valence-corrected chi connectivity index (χ2v) is 3.73. The molecule has 1 aliphatic carbocycles. The summed E-state index contributed by atoms with van der Waals surface area (Å²) in [6.45, 7) is 1.49. The van der Waals surface area contributed by atoms with Crippen molar-refractivity contribution in [2.45, 2.75) is 19.3 Å². The molecule has 2 atom stereocenters.